The number of amides is 1. The highest BCUT2D eigenvalue weighted by atomic mass is 32.2. The van der Waals surface area contributed by atoms with E-state index in [1.54, 1.807) is 6.92 Å². The highest BCUT2D eigenvalue weighted by Crippen LogP contribution is 2.27. The van der Waals surface area contributed by atoms with Gasteiger partial charge >= 0.3 is 0 Å². The molecule has 98 valence electrons. The van der Waals surface area contributed by atoms with Gasteiger partial charge in [-0.3, -0.25) is 4.79 Å². The van der Waals surface area contributed by atoms with Gasteiger partial charge in [0, 0.05) is 6.54 Å². The van der Waals surface area contributed by atoms with E-state index in [-0.39, 0.29) is 22.9 Å². The van der Waals surface area contributed by atoms with Crippen molar-refractivity contribution in [1.29, 1.82) is 10.5 Å². The lowest BCUT2D eigenvalue weighted by atomic mass is 10.2. The number of thioether (sulfide) groups is 1. The first-order chi connectivity index (χ1) is 9.03. The number of rotatable bonds is 4. The van der Waals surface area contributed by atoms with Gasteiger partial charge in [0.2, 0.25) is 5.91 Å². The third kappa shape index (κ3) is 3.60. The third-order valence-corrected chi connectivity index (χ3v) is 3.37. The molecule has 3 N–H and O–H groups in total. The molecule has 19 heavy (non-hydrogen) atoms. The Morgan fingerprint density at radius 1 is 1.53 bits per heavy atom. The van der Waals surface area contributed by atoms with Crippen LogP contribution in [0.2, 0.25) is 0 Å². The molecule has 1 atom stereocenters. The van der Waals surface area contributed by atoms with E-state index in [0.29, 0.717) is 11.6 Å². The van der Waals surface area contributed by atoms with Crippen LogP contribution in [-0.2, 0) is 4.79 Å². The van der Waals surface area contributed by atoms with Gasteiger partial charge < -0.3 is 11.1 Å². The van der Waals surface area contributed by atoms with E-state index in [9.17, 15) is 4.79 Å². The van der Waals surface area contributed by atoms with E-state index in [2.05, 4.69) is 10.3 Å². The highest BCUT2D eigenvalue weighted by Gasteiger charge is 2.18. The van der Waals surface area contributed by atoms with Crippen LogP contribution in [0.4, 0.5) is 5.82 Å². The topological polar surface area (TPSA) is 116 Å². The number of nitrogens with two attached hydrogens (primary N) is 1. The zero-order valence-electron chi connectivity index (χ0n) is 10.6. The van der Waals surface area contributed by atoms with E-state index in [1.807, 2.05) is 19.1 Å². The molecule has 0 unspecified atom stereocenters. The summed E-state index contributed by atoms with van der Waals surface area (Å²) in [7, 11) is 0. The molecule has 0 saturated carbocycles. The number of hydrogen-bond donors (Lipinski definition) is 2. The minimum absolute atomic E-state index is 0.0621. The van der Waals surface area contributed by atoms with Crippen molar-refractivity contribution in [3.8, 4) is 12.1 Å². The predicted molar refractivity (Wildman–Crippen MR) is 72.1 cm³/mol. The molecule has 1 rings (SSSR count). The first-order valence-corrected chi connectivity index (χ1v) is 6.46. The lowest BCUT2D eigenvalue weighted by Crippen LogP contribution is -2.30. The molecule has 0 aliphatic rings. The summed E-state index contributed by atoms with van der Waals surface area (Å²) in [4.78, 5) is 15.6. The molecule has 0 saturated heterocycles. The van der Waals surface area contributed by atoms with Crippen molar-refractivity contribution in [2.45, 2.75) is 24.1 Å². The summed E-state index contributed by atoms with van der Waals surface area (Å²) in [5.41, 5.74) is 6.01. The van der Waals surface area contributed by atoms with Crippen molar-refractivity contribution < 1.29 is 4.79 Å². The number of aromatic nitrogens is 1. The average molecular weight is 275 g/mol. The Bertz CT molecular complexity index is 573. The predicted octanol–water partition coefficient (Wildman–Crippen LogP) is 1.02. The second-order valence-corrected chi connectivity index (χ2v) is 4.98. The SMILES string of the molecule is CCNC(=O)[C@@H](C)Sc1nc(N)c(C#N)cc1C#N. The molecule has 1 amide bonds. The Morgan fingerprint density at radius 3 is 2.68 bits per heavy atom. The number of hydrogen-bond acceptors (Lipinski definition) is 6. The molecule has 0 bridgehead atoms. The standard InChI is InChI=1S/C12H13N5OS/c1-3-16-11(18)7(2)19-12-9(6-14)4-8(5-13)10(15)17-12/h4,7H,3H2,1-2H3,(H2,15,17)(H,16,18)/t7-/m1/s1. The normalized spacial score (nSPS) is 11.2. The van der Waals surface area contributed by atoms with E-state index in [4.69, 9.17) is 16.3 Å². The number of nitrogens with zero attached hydrogens (tertiary/aromatic N) is 3. The van der Waals surface area contributed by atoms with E-state index >= 15 is 0 Å². The minimum Gasteiger partial charge on any atom is -0.383 e. The van der Waals surface area contributed by atoms with Crippen molar-refractivity contribution in [2.75, 3.05) is 12.3 Å². The molecule has 1 heterocycles. The van der Waals surface area contributed by atoms with E-state index in [1.165, 1.54) is 6.07 Å². The van der Waals surface area contributed by atoms with Crippen molar-refractivity contribution in [1.82, 2.24) is 10.3 Å². The van der Waals surface area contributed by atoms with Crippen LogP contribution in [0, 0.1) is 22.7 Å². The number of nitrogens with one attached hydrogen (secondary N) is 1. The average Bonchev–Trinajstić information content (AvgIpc) is 2.39. The Kier molecular flexibility index (Phi) is 5.16. The van der Waals surface area contributed by atoms with Gasteiger partial charge in [-0.05, 0) is 19.9 Å². The van der Waals surface area contributed by atoms with Crippen LogP contribution in [0.25, 0.3) is 0 Å². The molecule has 6 nitrogen and oxygen atoms in total. The van der Waals surface area contributed by atoms with Gasteiger partial charge in [0.05, 0.1) is 16.4 Å². The molecule has 1 aromatic rings. The van der Waals surface area contributed by atoms with Gasteiger partial charge in [-0.15, -0.1) is 0 Å². The lowest BCUT2D eigenvalue weighted by molar-refractivity contribution is -0.120. The fraction of sp³-hybridized carbons (Fsp3) is 0.333. The smallest absolute Gasteiger partial charge is 0.233 e. The number of carbonyl (C=O) groups is 1. The van der Waals surface area contributed by atoms with Crippen LogP contribution >= 0.6 is 11.8 Å². The Hall–Kier alpha value is -2.25. The second kappa shape index (κ2) is 6.62. The summed E-state index contributed by atoms with van der Waals surface area (Å²) in [5, 5.41) is 20.5. The Balaban J connectivity index is 3.02. The van der Waals surface area contributed by atoms with Crippen molar-refractivity contribution in [2.24, 2.45) is 0 Å². The summed E-state index contributed by atoms with van der Waals surface area (Å²) in [5.74, 6) is -0.0757. The molecule has 0 radical (unpaired) electrons. The molecule has 0 aromatic carbocycles. The summed E-state index contributed by atoms with van der Waals surface area (Å²) in [6.45, 7) is 4.08. The quantitative estimate of drug-likeness (QED) is 0.793. The molecule has 0 aliphatic heterocycles. The van der Waals surface area contributed by atoms with Crippen LogP contribution in [0.1, 0.15) is 25.0 Å². The third-order valence-electron chi connectivity index (χ3n) is 2.27. The maximum Gasteiger partial charge on any atom is 0.233 e. The monoisotopic (exact) mass is 275 g/mol. The van der Waals surface area contributed by atoms with Crippen LogP contribution in [-0.4, -0.2) is 22.7 Å². The molecule has 0 spiro atoms. The number of nitrogen functional groups attached to an aromatic ring is 1. The number of nitriles is 2. The van der Waals surface area contributed by atoms with Crippen LogP contribution in [0.3, 0.4) is 0 Å². The first-order valence-electron chi connectivity index (χ1n) is 5.58. The Morgan fingerprint density at radius 2 is 2.16 bits per heavy atom. The second-order valence-electron chi connectivity index (χ2n) is 3.65. The molecule has 0 aliphatic carbocycles. The largest absolute Gasteiger partial charge is 0.383 e. The molecule has 0 fully saturated rings. The summed E-state index contributed by atoms with van der Waals surface area (Å²) in [6, 6.07) is 5.20. The van der Waals surface area contributed by atoms with Gasteiger partial charge in [0.15, 0.2) is 0 Å². The van der Waals surface area contributed by atoms with Gasteiger partial charge in [-0.1, -0.05) is 11.8 Å². The fourth-order valence-electron chi connectivity index (χ4n) is 1.31. The summed E-state index contributed by atoms with van der Waals surface area (Å²) < 4.78 is 0. The zero-order valence-corrected chi connectivity index (χ0v) is 11.4. The number of anilines is 1. The minimum atomic E-state index is -0.396. The van der Waals surface area contributed by atoms with Gasteiger partial charge in [-0.25, -0.2) is 4.98 Å². The van der Waals surface area contributed by atoms with Gasteiger partial charge in [-0.2, -0.15) is 10.5 Å². The van der Waals surface area contributed by atoms with E-state index < -0.39 is 5.25 Å². The Labute approximate surface area is 115 Å². The van der Waals surface area contributed by atoms with Crippen LogP contribution in [0.5, 0.6) is 0 Å². The van der Waals surface area contributed by atoms with Crippen LogP contribution in [0.15, 0.2) is 11.1 Å². The van der Waals surface area contributed by atoms with Crippen molar-refractivity contribution in [3.05, 3.63) is 17.2 Å². The summed E-state index contributed by atoms with van der Waals surface area (Å²) in [6.07, 6.45) is 0. The number of carbonyl (C=O) groups excluding carboxylic acids is 1. The lowest BCUT2D eigenvalue weighted by Gasteiger charge is -2.11. The maximum absolute atomic E-state index is 11.6. The van der Waals surface area contributed by atoms with Crippen molar-refractivity contribution in [3.63, 3.8) is 0 Å². The zero-order chi connectivity index (χ0) is 14.4. The molecular formula is C12H13N5OS. The molecule has 7 heteroatoms. The van der Waals surface area contributed by atoms with Crippen LogP contribution < -0.4 is 11.1 Å². The number of pyridine rings is 1. The highest BCUT2D eigenvalue weighted by molar-refractivity contribution is 8.00. The molecular weight excluding hydrogens is 262 g/mol. The van der Waals surface area contributed by atoms with Crippen molar-refractivity contribution >= 4 is 23.5 Å². The molecule has 1 aromatic heterocycles. The van der Waals surface area contributed by atoms with Gasteiger partial charge in [0.1, 0.15) is 23.0 Å². The maximum atomic E-state index is 11.6. The summed E-state index contributed by atoms with van der Waals surface area (Å²) >= 11 is 1.14. The van der Waals surface area contributed by atoms with Gasteiger partial charge in [0.25, 0.3) is 0 Å². The first kappa shape index (κ1) is 14.8. The fourth-order valence-corrected chi connectivity index (χ4v) is 2.22. The van der Waals surface area contributed by atoms with E-state index in [0.717, 1.165) is 11.8 Å².